The first kappa shape index (κ1) is 23.9. The van der Waals surface area contributed by atoms with E-state index in [9.17, 15) is 13.2 Å². The number of hydrogen-bond acceptors (Lipinski definition) is 8. The number of primary sulfonamides is 1. The van der Waals surface area contributed by atoms with Gasteiger partial charge in [0.25, 0.3) is 0 Å². The van der Waals surface area contributed by atoms with Crippen LogP contribution >= 0.6 is 23.4 Å². The van der Waals surface area contributed by atoms with Crippen molar-refractivity contribution in [1.29, 1.82) is 0 Å². The van der Waals surface area contributed by atoms with Gasteiger partial charge in [-0.15, -0.1) is 10.2 Å². The van der Waals surface area contributed by atoms with Gasteiger partial charge in [0.05, 0.1) is 10.6 Å². The lowest BCUT2D eigenvalue weighted by Gasteiger charge is -2.07. The second-order valence-corrected chi connectivity index (χ2v) is 9.53. The summed E-state index contributed by atoms with van der Waals surface area (Å²) in [7, 11) is -3.72. The van der Waals surface area contributed by atoms with Crippen molar-refractivity contribution >= 4 is 39.3 Å². The number of carbonyl (C=O) groups excluding carboxylic acids is 1. The Labute approximate surface area is 194 Å². The first-order valence-electron chi connectivity index (χ1n) is 9.31. The maximum atomic E-state index is 12.1. The number of halogens is 1. The molecule has 0 fully saturated rings. The molecule has 0 saturated carbocycles. The molecule has 1 heterocycles. The molecule has 32 heavy (non-hydrogen) atoms. The Morgan fingerprint density at radius 2 is 1.81 bits per heavy atom. The Hall–Kier alpha value is -2.80. The van der Waals surface area contributed by atoms with Crippen molar-refractivity contribution in [2.75, 3.05) is 18.1 Å². The van der Waals surface area contributed by atoms with E-state index in [1.54, 1.807) is 36.4 Å². The van der Waals surface area contributed by atoms with Crippen LogP contribution < -0.4 is 21.0 Å². The zero-order valence-corrected chi connectivity index (χ0v) is 19.2. The number of nitrogens with two attached hydrogens (primary N) is 2. The summed E-state index contributed by atoms with van der Waals surface area (Å²) in [5.41, 5.74) is 0.873. The molecule has 0 radical (unpaired) electrons. The van der Waals surface area contributed by atoms with Crippen LogP contribution in [0.2, 0.25) is 5.02 Å². The molecule has 0 atom stereocenters. The van der Waals surface area contributed by atoms with E-state index in [0.29, 0.717) is 34.7 Å². The van der Waals surface area contributed by atoms with Gasteiger partial charge < -0.3 is 15.9 Å². The zero-order chi connectivity index (χ0) is 23.1. The first-order chi connectivity index (χ1) is 15.2. The van der Waals surface area contributed by atoms with E-state index in [0.717, 1.165) is 17.3 Å². The van der Waals surface area contributed by atoms with Crippen LogP contribution in [0.5, 0.6) is 5.75 Å². The van der Waals surface area contributed by atoms with E-state index in [1.165, 1.54) is 16.8 Å². The SMILES string of the molecule is Nn1c(COc2ccc(Cl)cc2)nnc1SCC(=O)NCCc1ccc(S(N)(=O)=O)cc1. The smallest absolute Gasteiger partial charge is 0.238 e. The molecule has 0 aliphatic heterocycles. The maximum Gasteiger partial charge on any atom is 0.238 e. The van der Waals surface area contributed by atoms with Crippen molar-refractivity contribution < 1.29 is 17.9 Å². The number of thioether (sulfide) groups is 1. The summed E-state index contributed by atoms with van der Waals surface area (Å²) >= 11 is 6.99. The van der Waals surface area contributed by atoms with Crippen molar-refractivity contribution in [2.24, 2.45) is 5.14 Å². The summed E-state index contributed by atoms with van der Waals surface area (Å²) in [6.45, 7) is 0.506. The lowest BCUT2D eigenvalue weighted by atomic mass is 10.1. The van der Waals surface area contributed by atoms with Crippen molar-refractivity contribution in [3.05, 3.63) is 64.9 Å². The summed E-state index contributed by atoms with van der Waals surface area (Å²) in [4.78, 5) is 12.1. The molecule has 10 nitrogen and oxygen atoms in total. The molecular weight excluding hydrogens is 476 g/mol. The van der Waals surface area contributed by atoms with Gasteiger partial charge in [0, 0.05) is 11.6 Å². The molecule has 1 aromatic heterocycles. The van der Waals surface area contributed by atoms with E-state index >= 15 is 0 Å². The summed E-state index contributed by atoms with van der Waals surface area (Å²) in [6, 6.07) is 13.1. The predicted octanol–water partition coefficient (Wildman–Crippen LogP) is 1.32. The van der Waals surface area contributed by atoms with E-state index in [1.807, 2.05) is 0 Å². The van der Waals surface area contributed by atoms with Gasteiger partial charge in [-0.3, -0.25) is 4.79 Å². The van der Waals surface area contributed by atoms with Crippen LogP contribution in [0.4, 0.5) is 0 Å². The van der Waals surface area contributed by atoms with Gasteiger partial charge in [-0.25, -0.2) is 18.2 Å². The average Bonchev–Trinajstić information content (AvgIpc) is 3.11. The van der Waals surface area contributed by atoms with E-state index in [-0.39, 0.29) is 23.2 Å². The van der Waals surface area contributed by atoms with Gasteiger partial charge in [-0.2, -0.15) is 0 Å². The minimum absolute atomic E-state index is 0.0468. The van der Waals surface area contributed by atoms with E-state index in [2.05, 4.69) is 15.5 Å². The predicted molar refractivity (Wildman–Crippen MR) is 121 cm³/mol. The van der Waals surface area contributed by atoms with Crippen LogP contribution in [0.25, 0.3) is 0 Å². The molecule has 3 rings (SSSR count). The highest BCUT2D eigenvalue weighted by atomic mass is 35.5. The highest BCUT2D eigenvalue weighted by Crippen LogP contribution is 2.18. The number of ether oxygens (including phenoxy) is 1. The van der Waals surface area contributed by atoms with Crippen LogP contribution in [-0.2, 0) is 27.8 Å². The highest BCUT2D eigenvalue weighted by Gasteiger charge is 2.13. The second-order valence-electron chi connectivity index (χ2n) is 6.59. The number of benzene rings is 2. The molecule has 0 bridgehead atoms. The lowest BCUT2D eigenvalue weighted by molar-refractivity contribution is -0.118. The third kappa shape index (κ3) is 6.85. The Morgan fingerprint density at radius 3 is 2.47 bits per heavy atom. The molecule has 0 spiro atoms. The average molecular weight is 497 g/mol. The van der Waals surface area contributed by atoms with Gasteiger partial charge in [-0.1, -0.05) is 35.5 Å². The summed E-state index contributed by atoms with van der Waals surface area (Å²) in [6.07, 6.45) is 0.542. The van der Waals surface area contributed by atoms with Crippen LogP contribution in [0, 0.1) is 0 Å². The molecule has 3 aromatic rings. The molecule has 2 aromatic carbocycles. The number of hydrogen-bond donors (Lipinski definition) is 3. The van der Waals surface area contributed by atoms with Gasteiger partial charge >= 0.3 is 0 Å². The molecule has 170 valence electrons. The van der Waals surface area contributed by atoms with Crippen molar-refractivity contribution in [2.45, 2.75) is 23.1 Å². The third-order valence-corrected chi connectivity index (χ3v) is 6.36. The van der Waals surface area contributed by atoms with Crippen LogP contribution in [0.1, 0.15) is 11.4 Å². The second kappa shape index (κ2) is 10.7. The van der Waals surface area contributed by atoms with Crippen molar-refractivity contribution in [1.82, 2.24) is 20.2 Å². The molecule has 0 aliphatic rings. The molecule has 5 N–H and O–H groups in total. The maximum absolute atomic E-state index is 12.1. The van der Waals surface area contributed by atoms with Gasteiger partial charge in [0.1, 0.15) is 12.4 Å². The minimum Gasteiger partial charge on any atom is -0.486 e. The third-order valence-electron chi connectivity index (χ3n) is 4.24. The fraction of sp³-hybridized carbons (Fsp3) is 0.211. The summed E-state index contributed by atoms with van der Waals surface area (Å²) < 4.78 is 29.4. The molecule has 13 heteroatoms. The Balaban J connectivity index is 1.41. The zero-order valence-electron chi connectivity index (χ0n) is 16.8. The standard InChI is InChI=1S/C19H21ClN6O4S2/c20-14-3-5-15(6-4-14)30-11-17-24-25-19(26(17)21)31-12-18(27)23-10-9-13-1-7-16(8-2-13)32(22,28)29/h1-8H,9-12,21H2,(H,23,27)(H2,22,28,29). The van der Waals surface area contributed by atoms with Crippen LogP contribution in [0.3, 0.4) is 0 Å². The van der Waals surface area contributed by atoms with E-state index < -0.39 is 10.0 Å². The number of nitrogens with one attached hydrogen (secondary N) is 1. The van der Waals surface area contributed by atoms with Gasteiger partial charge in [-0.05, 0) is 48.4 Å². The summed E-state index contributed by atoms with van der Waals surface area (Å²) in [5, 5.41) is 16.8. The molecule has 0 aliphatic carbocycles. The fourth-order valence-electron chi connectivity index (χ4n) is 2.56. The van der Waals surface area contributed by atoms with Crippen molar-refractivity contribution in [3.8, 4) is 5.75 Å². The number of sulfonamides is 1. The molecule has 1 amide bonds. The van der Waals surface area contributed by atoms with Crippen molar-refractivity contribution in [3.63, 3.8) is 0 Å². The quantitative estimate of drug-likeness (QED) is 0.280. The topological polar surface area (TPSA) is 155 Å². The number of nitrogen functional groups attached to an aromatic ring is 1. The molecule has 0 unspecified atom stereocenters. The number of rotatable bonds is 10. The Kier molecular flexibility index (Phi) is 7.96. The van der Waals surface area contributed by atoms with E-state index in [4.69, 9.17) is 27.3 Å². The fourth-order valence-corrected chi connectivity index (χ4v) is 3.90. The monoisotopic (exact) mass is 496 g/mol. The number of carbonyl (C=O) groups is 1. The Bertz CT molecular complexity index is 1170. The number of amides is 1. The highest BCUT2D eigenvalue weighted by molar-refractivity contribution is 7.99. The van der Waals surface area contributed by atoms with Gasteiger partial charge in [0.15, 0.2) is 5.82 Å². The molecule has 0 saturated heterocycles. The van der Waals surface area contributed by atoms with Crippen LogP contribution in [-0.4, -0.2) is 41.5 Å². The number of nitrogens with zero attached hydrogens (tertiary/aromatic N) is 3. The minimum atomic E-state index is -3.72. The Morgan fingerprint density at radius 1 is 1.12 bits per heavy atom. The normalized spacial score (nSPS) is 11.3. The van der Waals surface area contributed by atoms with Crippen LogP contribution in [0.15, 0.2) is 58.6 Å². The van der Waals surface area contributed by atoms with Gasteiger partial charge in [0.2, 0.25) is 21.1 Å². The largest absolute Gasteiger partial charge is 0.486 e. The summed E-state index contributed by atoms with van der Waals surface area (Å²) in [5.74, 6) is 6.92. The molecular formula is C19H21ClN6O4S2. The first-order valence-corrected chi connectivity index (χ1v) is 12.2. The lowest BCUT2D eigenvalue weighted by Crippen LogP contribution is -2.27. The number of aromatic nitrogens is 3.